The monoisotopic (exact) mass is 252 g/mol. The van der Waals surface area contributed by atoms with Gasteiger partial charge in [-0.2, -0.15) is 4.99 Å². The number of allylic oxidation sites excluding steroid dienone is 2. The number of aliphatic imine (C=N–C) groups is 1. The normalized spacial score (nSPS) is 18.8. The molecule has 94 valence electrons. The Bertz CT molecular complexity index is 637. The third-order valence-electron chi connectivity index (χ3n) is 2.95. The summed E-state index contributed by atoms with van der Waals surface area (Å²) in [5.74, 6) is 1.23. The average molecular weight is 252 g/mol. The molecule has 0 unspecified atom stereocenters. The van der Waals surface area contributed by atoms with E-state index in [2.05, 4.69) is 4.99 Å². The summed E-state index contributed by atoms with van der Waals surface area (Å²) in [5, 5.41) is 0. The second-order valence-corrected chi connectivity index (χ2v) is 4.15. The fraction of sp³-hybridized carbons (Fsp3) is 0.0667. The molecule has 2 aliphatic heterocycles. The molecule has 4 nitrogen and oxygen atoms in total. The van der Waals surface area contributed by atoms with Gasteiger partial charge in [0.05, 0.1) is 7.11 Å². The first-order valence-corrected chi connectivity index (χ1v) is 5.91. The van der Waals surface area contributed by atoms with Gasteiger partial charge in [0, 0.05) is 6.20 Å². The predicted molar refractivity (Wildman–Crippen MR) is 73.5 cm³/mol. The molecule has 0 aliphatic carbocycles. The second-order valence-electron chi connectivity index (χ2n) is 4.15. The first-order valence-electron chi connectivity index (χ1n) is 5.91. The molecule has 4 heteroatoms. The third-order valence-corrected chi connectivity index (χ3v) is 2.95. The van der Waals surface area contributed by atoms with Crippen LogP contribution in [-0.4, -0.2) is 23.8 Å². The van der Waals surface area contributed by atoms with Gasteiger partial charge in [0.25, 0.3) is 5.91 Å². The highest BCUT2D eigenvalue weighted by Gasteiger charge is 2.27. The van der Waals surface area contributed by atoms with Crippen LogP contribution in [0, 0.1) is 0 Å². The first-order chi connectivity index (χ1) is 9.28. The van der Waals surface area contributed by atoms with E-state index in [4.69, 9.17) is 4.74 Å². The van der Waals surface area contributed by atoms with Gasteiger partial charge >= 0.3 is 0 Å². The molecule has 1 amide bonds. The number of amidine groups is 1. The van der Waals surface area contributed by atoms with Crippen molar-refractivity contribution in [2.24, 2.45) is 4.99 Å². The van der Waals surface area contributed by atoms with E-state index in [0.717, 1.165) is 11.3 Å². The number of hydrogen-bond acceptors (Lipinski definition) is 3. The number of carbonyl (C=O) groups is 1. The Morgan fingerprint density at radius 2 is 2.00 bits per heavy atom. The van der Waals surface area contributed by atoms with Crippen LogP contribution >= 0.6 is 0 Å². The minimum atomic E-state index is -0.220. The fourth-order valence-electron chi connectivity index (χ4n) is 1.98. The summed E-state index contributed by atoms with van der Waals surface area (Å²) in [6.07, 6.45) is 9.20. The summed E-state index contributed by atoms with van der Waals surface area (Å²) in [6.45, 7) is 0. The topological polar surface area (TPSA) is 41.9 Å². The summed E-state index contributed by atoms with van der Waals surface area (Å²) in [5.41, 5.74) is 1.49. The molecule has 1 aromatic carbocycles. The largest absolute Gasteiger partial charge is 0.497 e. The minimum absolute atomic E-state index is 0.220. The number of methoxy groups -OCH3 is 1. The third kappa shape index (κ3) is 2.08. The second kappa shape index (κ2) is 4.57. The molecule has 0 spiro atoms. The number of ether oxygens (including phenoxy) is 1. The summed E-state index contributed by atoms with van der Waals surface area (Å²) in [4.78, 5) is 17.7. The number of nitrogens with zero attached hydrogens (tertiary/aromatic N) is 2. The Morgan fingerprint density at radius 1 is 1.21 bits per heavy atom. The number of carbonyl (C=O) groups excluding carboxylic acids is 1. The van der Waals surface area contributed by atoms with Gasteiger partial charge in [0.1, 0.15) is 17.3 Å². The van der Waals surface area contributed by atoms with Gasteiger partial charge in [-0.05, 0) is 35.9 Å². The zero-order chi connectivity index (χ0) is 13.2. The van der Waals surface area contributed by atoms with E-state index in [1.54, 1.807) is 12.0 Å². The molecule has 0 aromatic heterocycles. The molecule has 0 saturated heterocycles. The molecule has 0 radical (unpaired) electrons. The molecule has 2 aliphatic rings. The van der Waals surface area contributed by atoms with Crippen LogP contribution < -0.4 is 4.74 Å². The van der Waals surface area contributed by atoms with E-state index in [-0.39, 0.29) is 5.91 Å². The van der Waals surface area contributed by atoms with E-state index in [1.165, 1.54) is 0 Å². The Labute approximate surface area is 111 Å². The van der Waals surface area contributed by atoms with Gasteiger partial charge in [0.15, 0.2) is 0 Å². The molecule has 19 heavy (non-hydrogen) atoms. The molecular weight excluding hydrogens is 240 g/mol. The number of rotatable bonds is 2. The first kappa shape index (κ1) is 11.5. The highest BCUT2D eigenvalue weighted by atomic mass is 16.5. The van der Waals surface area contributed by atoms with Gasteiger partial charge < -0.3 is 4.74 Å². The number of benzene rings is 1. The molecular formula is C15H12N2O2. The lowest BCUT2D eigenvalue weighted by atomic mass is 10.1. The molecule has 0 bridgehead atoms. The van der Waals surface area contributed by atoms with Crippen molar-refractivity contribution >= 4 is 17.8 Å². The molecule has 1 aromatic rings. The van der Waals surface area contributed by atoms with Crippen molar-refractivity contribution in [1.82, 2.24) is 4.90 Å². The van der Waals surface area contributed by atoms with Crippen LogP contribution in [0.4, 0.5) is 0 Å². The zero-order valence-corrected chi connectivity index (χ0v) is 10.4. The van der Waals surface area contributed by atoms with Crippen LogP contribution in [0.1, 0.15) is 5.56 Å². The van der Waals surface area contributed by atoms with Crippen molar-refractivity contribution in [2.75, 3.05) is 7.11 Å². The average Bonchev–Trinajstić information content (AvgIpc) is 2.76. The zero-order valence-electron chi connectivity index (χ0n) is 10.4. The number of fused-ring (bicyclic) bond motifs is 1. The smallest absolute Gasteiger partial charge is 0.295 e. The quantitative estimate of drug-likeness (QED) is 0.759. The van der Waals surface area contributed by atoms with Crippen LogP contribution in [0.2, 0.25) is 0 Å². The predicted octanol–water partition coefficient (Wildman–Crippen LogP) is 2.36. The minimum Gasteiger partial charge on any atom is -0.497 e. The van der Waals surface area contributed by atoms with Crippen molar-refractivity contribution in [3.8, 4) is 5.75 Å². The van der Waals surface area contributed by atoms with E-state index in [1.807, 2.05) is 54.8 Å². The molecule has 3 rings (SSSR count). The van der Waals surface area contributed by atoms with Gasteiger partial charge in [0.2, 0.25) is 0 Å². The SMILES string of the molecule is COc1ccc(/C=C2\C(=O)N=C3C=CC=CN32)cc1. The van der Waals surface area contributed by atoms with Crippen LogP contribution in [0.25, 0.3) is 6.08 Å². The maximum Gasteiger partial charge on any atom is 0.295 e. The maximum absolute atomic E-state index is 11.9. The van der Waals surface area contributed by atoms with Crippen LogP contribution in [0.3, 0.4) is 0 Å². The Hall–Kier alpha value is -2.62. The van der Waals surface area contributed by atoms with Gasteiger partial charge in [-0.25, -0.2) is 0 Å². The Kier molecular flexibility index (Phi) is 2.76. The van der Waals surface area contributed by atoms with Crippen molar-refractivity contribution in [3.63, 3.8) is 0 Å². The van der Waals surface area contributed by atoms with Crippen molar-refractivity contribution in [3.05, 3.63) is 60.0 Å². The summed E-state index contributed by atoms with van der Waals surface area (Å²) < 4.78 is 5.11. The summed E-state index contributed by atoms with van der Waals surface area (Å²) >= 11 is 0. The van der Waals surface area contributed by atoms with E-state index in [9.17, 15) is 4.79 Å². The standard InChI is InChI=1S/C15H12N2O2/c1-19-12-7-5-11(6-8-12)10-13-15(18)16-14-4-2-3-9-17(13)14/h2-10H,1H3/b13-10+. The molecule has 0 saturated carbocycles. The van der Waals surface area contributed by atoms with Gasteiger partial charge in [-0.3, -0.25) is 9.69 Å². The van der Waals surface area contributed by atoms with Crippen molar-refractivity contribution in [2.45, 2.75) is 0 Å². The van der Waals surface area contributed by atoms with E-state index in [0.29, 0.717) is 11.5 Å². The van der Waals surface area contributed by atoms with Crippen molar-refractivity contribution in [1.29, 1.82) is 0 Å². The fourth-order valence-corrected chi connectivity index (χ4v) is 1.98. The van der Waals surface area contributed by atoms with Gasteiger partial charge in [-0.1, -0.05) is 18.2 Å². The van der Waals surface area contributed by atoms with Crippen LogP contribution in [-0.2, 0) is 4.79 Å². The summed E-state index contributed by atoms with van der Waals surface area (Å²) in [6, 6.07) is 7.53. The lowest BCUT2D eigenvalue weighted by Gasteiger charge is -2.16. The molecule has 0 N–H and O–H groups in total. The van der Waals surface area contributed by atoms with E-state index >= 15 is 0 Å². The maximum atomic E-state index is 11.9. The molecule has 2 heterocycles. The van der Waals surface area contributed by atoms with Crippen LogP contribution in [0.15, 0.2) is 59.4 Å². The van der Waals surface area contributed by atoms with Crippen molar-refractivity contribution < 1.29 is 9.53 Å². The molecule has 0 fully saturated rings. The Balaban J connectivity index is 1.93. The van der Waals surface area contributed by atoms with E-state index < -0.39 is 0 Å². The highest BCUT2D eigenvalue weighted by Crippen LogP contribution is 2.23. The van der Waals surface area contributed by atoms with Gasteiger partial charge in [-0.15, -0.1) is 0 Å². The highest BCUT2D eigenvalue weighted by molar-refractivity contribution is 6.17. The lowest BCUT2D eigenvalue weighted by molar-refractivity contribution is -0.114. The number of hydrogen-bond donors (Lipinski definition) is 0. The summed E-state index contributed by atoms with van der Waals surface area (Å²) in [7, 11) is 1.62. The number of amides is 1. The molecule has 0 atom stereocenters. The van der Waals surface area contributed by atoms with Crippen LogP contribution in [0.5, 0.6) is 5.75 Å². The lowest BCUT2D eigenvalue weighted by Crippen LogP contribution is -2.20. The Morgan fingerprint density at radius 3 is 2.74 bits per heavy atom.